The molecule has 0 spiro atoms. The van der Waals surface area contributed by atoms with Gasteiger partial charge in [-0.05, 0) is 44.0 Å². The number of halogens is 1. The van der Waals surface area contributed by atoms with Gasteiger partial charge in [-0.2, -0.15) is 4.31 Å². The second kappa shape index (κ2) is 6.73. The maximum Gasteiger partial charge on any atom is 0.243 e. The molecule has 3 atom stereocenters. The van der Waals surface area contributed by atoms with E-state index < -0.39 is 15.8 Å². The minimum Gasteiger partial charge on any atom is -0.361 e. The van der Waals surface area contributed by atoms with Gasteiger partial charge in [-0.25, -0.2) is 12.8 Å². The largest absolute Gasteiger partial charge is 0.361 e. The highest BCUT2D eigenvalue weighted by molar-refractivity contribution is 7.89. The number of hydrogen-bond donors (Lipinski definition) is 2. The summed E-state index contributed by atoms with van der Waals surface area (Å²) in [6.45, 7) is 2.95. The summed E-state index contributed by atoms with van der Waals surface area (Å²) in [5.74, 6) is 0.283. The molecule has 0 bridgehead atoms. The number of nitrogens with one attached hydrogen (secondary N) is 2. The Morgan fingerprint density at radius 1 is 1.31 bits per heavy atom. The van der Waals surface area contributed by atoms with E-state index in [0.29, 0.717) is 13.1 Å². The molecule has 9 heteroatoms. The third-order valence-electron chi connectivity index (χ3n) is 5.12. The van der Waals surface area contributed by atoms with Gasteiger partial charge >= 0.3 is 0 Å². The Morgan fingerprint density at radius 2 is 2.08 bits per heavy atom. The number of hydrogen-bond acceptors (Lipinski definition) is 6. The molecule has 140 valence electrons. The van der Waals surface area contributed by atoms with Crippen LogP contribution in [0.25, 0.3) is 0 Å². The van der Waals surface area contributed by atoms with Crippen molar-refractivity contribution in [2.45, 2.75) is 42.7 Å². The molecule has 1 aromatic carbocycles. The molecule has 0 saturated carbocycles. The Morgan fingerprint density at radius 3 is 2.77 bits per heavy atom. The fourth-order valence-corrected chi connectivity index (χ4v) is 5.59. The molecule has 2 fully saturated rings. The van der Waals surface area contributed by atoms with Crippen LogP contribution in [0.5, 0.6) is 0 Å². The predicted molar refractivity (Wildman–Crippen MR) is 92.2 cm³/mol. The van der Waals surface area contributed by atoms with E-state index >= 15 is 0 Å². The van der Waals surface area contributed by atoms with Gasteiger partial charge in [0.25, 0.3) is 0 Å². The Labute approximate surface area is 151 Å². The first-order chi connectivity index (χ1) is 12.5. The Bertz CT molecular complexity index is 884. The standard InChI is InChI=1S/C17H21FN4O3S/c1-11-9-16(25-21-11)14-10-19-20-17(14)15-3-2-8-22(15)26(23,24)13-6-4-12(18)5-7-13/h4-7,9,14-15,17,19-20H,2-3,8,10H2,1H3. The molecular formula is C17H21FN4O3S. The Hall–Kier alpha value is -1.81. The first-order valence-electron chi connectivity index (χ1n) is 8.66. The van der Waals surface area contributed by atoms with Crippen LogP contribution >= 0.6 is 0 Å². The third-order valence-corrected chi connectivity index (χ3v) is 7.06. The van der Waals surface area contributed by atoms with Crippen molar-refractivity contribution in [2.75, 3.05) is 13.1 Å². The second-order valence-electron chi connectivity index (χ2n) is 6.81. The second-order valence-corrected chi connectivity index (χ2v) is 8.70. The van der Waals surface area contributed by atoms with Crippen LogP contribution in [0.1, 0.15) is 30.2 Å². The topological polar surface area (TPSA) is 87.5 Å². The van der Waals surface area contributed by atoms with Gasteiger partial charge in [0, 0.05) is 31.2 Å². The summed E-state index contributed by atoms with van der Waals surface area (Å²) in [7, 11) is -3.69. The fourth-order valence-electron chi connectivity index (χ4n) is 3.88. The fraction of sp³-hybridized carbons (Fsp3) is 0.471. The highest BCUT2D eigenvalue weighted by atomic mass is 32.2. The summed E-state index contributed by atoms with van der Waals surface area (Å²) >= 11 is 0. The zero-order chi connectivity index (χ0) is 18.3. The molecular weight excluding hydrogens is 359 g/mol. The number of aromatic nitrogens is 1. The number of rotatable bonds is 4. The van der Waals surface area contributed by atoms with Gasteiger partial charge in [-0.15, -0.1) is 0 Å². The molecule has 3 unspecified atom stereocenters. The van der Waals surface area contributed by atoms with Crippen molar-refractivity contribution in [1.82, 2.24) is 20.3 Å². The third kappa shape index (κ3) is 3.05. The number of nitrogens with zero attached hydrogens (tertiary/aromatic N) is 2. The van der Waals surface area contributed by atoms with E-state index in [4.69, 9.17) is 4.52 Å². The summed E-state index contributed by atoms with van der Waals surface area (Å²) in [6.07, 6.45) is 1.54. The van der Waals surface area contributed by atoms with E-state index in [-0.39, 0.29) is 22.9 Å². The van der Waals surface area contributed by atoms with Gasteiger partial charge in [-0.1, -0.05) is 5.16 Å². The van der Waals surface area contributed by atoms with Crippen LogP contribution in [0.3, 0.4) is 0 Å². The zero-order valence-corrected chi connectivity index (χ0v) is 15.2. The summed E-state index contributed by atoms with van der Waals surface area (Å²) in [5, 5.41) is 3.95. The van der Waals surface area contributed by atoms with Gasteiger partial charge in [0.1, 0.15) is 11.6 Å². The van der Waals surface area contributed by atoms with E-state index in [1.54, 1.807) is 0 Å². The number of benzene rings is 1. The average Bonchev–Trinajstić information content (AvgIpc) is 3.34. The normalized spacial score (nSPS) is 27.2. The molecule has 7 nitrogen and oxygen atoms in total. The summed E-state index contributed by atoms with van der Waals surface area (Å²) < 4.78 is 46.3. The number of aryl methyl sites for hydroxylation is 1. The number of sulfonamides is 1. The van der Waals surface area contributed by atoms with Gasteiger partial charge in [0.05, 0.1) is 16.5 Å². The minimum absolute atomic E-state index is 0.00906. The maximum atomic E-state index is 13.2. The van der Waals surface area contributed by atoms with E-state index in [0.717, 1.165) is 24.3 Å². The monoisotopic (exact) mass is 380 g/mol. The van der Waals surface area contributed by atoms with Crippen molar-refractivity contribution in [2.24, 2.45) is 0 Å². The summed E-state index contributed by atoms with van der Waals surface area (Å²) in [6, 6.07) is 6.53. The molecule has 0 amide bonds. The molecule has 4 rings (SSSR count). The molecule has 3 heterocycles. The molecule has 0 radical (unpaired) electrons. The lowest BCUT2D eigenvalue weighted by atomic mass is 9.92. The van der Waals surface area contributed by atoms with Crippen molar-refractivity contribution < 1.29 is 17.3 Å². The Kier molecular flexibility index (Phi) is 4.55. The van der Waals surface area contributed by atoms with Crippen LogP contribution in [-0.4, -0.2) is 43.1 Å². The van der Waals surface area contributed by atoms with E-state index in [1.807, 2.05) is 13.0 Å². The lowest BCUT2D eigenvalue weighted by Crippen LogP contribution is -2.49. The smallest absolute Gasteiger partial charge is 0.243 e. The minimum atomic E-state index is -3.69. The molecule has 0 aliphatic carbocycles. The van der Waals surface area contributed by atoms with Crippen LogP contribution < -0.4 is 10.9 Å². The van der Waals surface area contributed by atoms with E-state index in [2.05, 4.69) is 16.0 Å². The highest BCUT2D eigenvalue weighted by Crippen LogP contribution is 2.34. The van der Waals surface area contributed by atoms with Gasteiger partial charge in [-0.3, -0.25) is 10.9 Å². The van der Waals surface area contributed by atoms with Crippen molar-refractivity contribution >= 4 is 10.0 Å². The average molecular weight is 380 g/mol. The van der Waals surface area contributed by atoms with Crippen LogP contribution in [0.4, 0.5) is 4.39 Å². The molecule has 2 aromatic rings. The highest BCUT2D eigenvalue weighted by Gasteiger charge is 2.45. The van der Waals surface area contributed by atoms with Crippen LogP contribution in [0.2, 0.25) is 0 Å². The molecule has 2 N–H and O–H groups in total. The zero-order valence-electron chi connectivity index (χ0n) is 14.4. The molecule has 2 aliphatic rings. The quantitative estimate of drug-likeness (QED) is 0.837. The summed E-state index contributed by atoms with van der Waals surface area (Å²) in [5.41, 5.74) is 7.13. The molecule has 2 aliphatic heterocycles. The molecule has 1 aromatic heterocycles. The first-order valence-corrected chi connectivity index (χ1v) is 10.1. The Balaban J connectivity index is 1.62. The molecule has 2 saturated heterocycles. The van der Waals surface area contributed by atoms with Gasteiger partial charge in [0.2, 0.25) is 10.0 Å². The summed E-state index contributed by atoms with van der Waals surface area (Å²) in [4.78, 5) is 0.115. The van der Waals surface area contributed by atoms with E-state index in [1.165, 1.54) is 28.6 Å². The SMILES string of the molecule is Cc1cc(C2CNNC2C2CCCN2S(=O)(=O)c2ccc(F)cc2)on1. The van der Waals surface area contributed by atoms with Crippen LogP contribution in [0, 0.1) is 12.7 Å². The number of hydrazine groups is 1. The first kappa shape index (κ1) is 17.6. The molecule has 26 heavy (non-hydrogen) atoms. The van der Waals surface area contributed by atoms with Crippen molar-refractivity contribution in [3.05, 3.63) is 47.6 Å². The van der Waals surface area contributed by atoms with E-state index in [9.17, 15) is 12.8 Å². The van der Waals surface area contributed by atoms with Crippen molar-refractivity contribution in [3.63, 3.8) is 0 Å². The van der Waals surface area contributed by atoms with Crippen LogP contribution in [0.15, 0.2) is 39.8 Å². The lowest BCUT2D eigenvalue weighted by Gasteiger charge is -2.30. The van der Waals surface area contributed by atoms with Gasteiger partial charge in [0.15, 0.2) is 0 Å². The van der Waals surface area contributed by atoms with Gasteiger partial charge < -0.3 is 4.52 Å². The van der Waals surface area contributed by atoms with Crippen LogP contribution in [-0.2, 0) is 10.0 Å². The van der Waals surface area contributed by atoms with Crippen molar-refractivity contribution in [1.29, 1.82) is 0 Å². The lowest BCUT2D eigenvalue weighted by molar-refractivity contribution is 0.278. The van der Waals surface area contributed by atoms with Crippen molar-refractivity contribution in [3.8, 4) is 0 Å². The maximum absolute atomic E-state index is 13.2. The predicted octanol–water partition coefficient (Wildman–Crippen LogP) is 1.54.